The zero-order chi connectivity index (χ0) is 18.3. The van der Waals surface area contributed by atoms with Gasteiger partial charge in [-0.2, -0.15) is 10.2 Å². The zero-order valence-corrected chi connectivity index (χ0v) is 16.7. The molecule has 0 N–H and O–H groups in total. The first kappa shape index (κ1) is 17.3. The number of rotatable bonds is 4. The van der Waals surface area contributed by atoms with E-state index in [2.05, 4.69) is 66.1 Å². The minimum atomic E-state index is 0.0152. The van der Waals surface area contributed by atoms with Gasteiger partial charge in [0, 0.05) is 29.7 Å². The summed E-state index contributed by atoms with van der Waals surface area (Å²) in [6.45, 7) is 6.37. The maximum Gasteiger partial charge on any atom is 0.0802 e. The van der Waals surface area contributed by atoms with Crippen LogP contribution in [0.5, 0.6) is 0 Å². The summed E-state index contributed by atoms with van der Waals surface area (Å²) in [6.07, 6.45) is 1.84. The van der Waals surface area contributed by atoms with Gasteiger partial charge >= 0.3 is 0 Å². The second kappa shape index (κ2) is 6.95. The van der Waals surface area contributed by atoms with E-state index in [4.69, 9.17) is 5.10 Å². The summed E-state index contributed by atoms with van der Waals surface area (Å²) in [5, 5.41) is 9.32. The van der Waals surface area contributed by atoms with Crippen LogP contribution < -0.4 is 0 Å². The fourth-order valence-corrected chi connectivity index (χ4v) is 5.12. The van der Waals surface area contributed by atoms with Crippen LogP contribution in [0.3, 0.4) is 0 Å². The van der Waals surface area contributed by atoms with Gasteiger partial charge in [0.15, 0.2) is 0 Å². The summed E-state index contributed by atoms with van der Waals surface area (Å²) in [5.41, 5.74) is 3.33. The Labute approximate surface area is 168 Å². The van der Waals surface area contributed by atoms with Crippen molar-refractivity contribution in [1.82, 2.24) is 14.7 Å². The molecule has 138 valence electrons. The van der Waals surface area contributed by atoms with Crippen molar-refractivity contribution in [3.05, 3.63) is 70.2 Å². The Kier molecular flexibility index (Phi) is 4.44. The lowest BCUT2D eigenvalue weighted by atomic mass is 9.74. The number of halogens is 1. The molecule has 4 bridgehead atoms. The van der Waals surface area contributed by atoms with E-state index in [1.165, 1.54) is 5.56 Å². The van der Waals surface area contributed by atoms with Crippen LogP contribution in [0.4, 0.5) is 0 Å². The monoisotopic (exact) mass is 423 g/mol. The van der Waals surface area contributed by atoms with E-state index in [0.29, 0.717) is 0 Å². The van der Waals surface area contributed by atoms with Crippen molar-refractivity contribution in [1.29, 1.82) is 0 Å². The minimum absolute atomic E-state index is 0.0152. The molecular formula is C21H22BrN5. The lowest BCUT2D eigenvalue weighted by Gasteiger charge is -2.60. The van der Waals surface area contributed by atoms with Crippen molar-refractivity contribution in [2.45, 2.75) is 0 Å². The molecule has 2 aromatic rings. The van der Waals surface area contributed by atoms with Crippen molar-refractivity contribution in [2.24, 2.45) is 15.6 Å². The van der Waals surface area contributed by atoms with E-state index < -0.39 is 0 Å². The molecule has 0 radical (unpaired) electrons. The number of benzene rings is 2. The highest BCUT2D eigenvalue weighted by molar-refractivity contribution is 9.10. The van der Waals surface area contributed by atoms with Crippen LogP contribution in [0.25, 0.3) is 0 Å². The van der Waals surface area contributed by atoms with E-state index in [1.54, 1.807) is 0 Å². The Balaban J connectivity index is 1.53. The molecule has 0 unspecified atom stereocenters. The Morgan fingerprint density at radius 2 is 1.44 bits per heavy atom. The van der Waals surface area contributed by atoms with Gasteiger partial charge in [-0.1, -0.05) is 64.5 Å². The van der Waals surface area contributed by atoms with Crippen LogP contribution in [0, 0.1) is 5.41 Å². The molecule has 4 fully saturated rings. The van der Waals surface area contributed by atoms with Crippen molar-refractivity contribution in [3.8, 4) is 0 Å². The van der Waals surface area contributed by atoms with Crippen LogP contribution >= 0.6 is 15.9 Å². The molecule has 4 aliphatic rings. The molecule has 0 saturated carbocycles. The molecule has 0 aromatic heterocycles. The average Bonchev–Trinajstić information content (AvgIpc) is 2.66. The molecular weight excluding hydrogens is 402 g/mol. The quantitative estimate of drug-likeness (QED) is 0.559. The predicted molar refractivity (Wildman–Crippen MR) is 112 cm³/mol. The highest BCUT2D eigenvalue weighted by Gasteiger charge is 2.51. The van der Waals surface area contributed by atoms with Crippen LogP contribution in [0.2, 0.25) is 0 Å². The third-order valence-electron chi connectivity index (χ3n) is 5.59. The Morgan fingerprint density at radius 1 is 0.852 bits per heavy atom. The Hall–Kier alpha value is -1.86. The van der Waals surface area contributed by atoms with Crippen LogP contribution in [0.1, 0.15) is 11.1 Å². The molecule has 5 nitrogen and oxygen atoms in total. The van der Waals surface area contributed by atoms with E-state index in [9.17, 15) is 0 Å². The third-order valence-corrected chi connectivity index (χ3v) is 6.31. The summed E-state index contributed by atoms with van der Waals surface area (Å²) in [4.78, 5) is 7.56. The van der Waals surface area contributed by atoms with Gasteiger partial charge in [0.05, 0.1) is 37.3 Å². The molecule has 4 saturated heterocycles. The smallest absolute Gasteiger partial charge is 0.0802 e. The SMILES string of the molecule is Brc1ccccc1C=NN=C(c1ccccc1)C12CN3CN(CN(C3)C1)C2. The standard InChI is InChI=1S/C21H22BrN5/c22-19-9-5-4-8-18(19)10-23-24-20(17-6-2-1-3-7-17)21-11-25-14-26(12-21)16-27(13-21)15-25/h1-10H,11-16H2. The predicted octanol–water partition coefficient (Wildman–Crippen LogP) is 3.08. The molecule has 6 heteroatoms. The van der Waals surface area contributed by atoms with Crippen molar-refractivity contribution in [3.63, 3.8) is 0 Å². The normalized spacial score (nSPS) is 32.3. The zero-order valence-electron chi connectivity index (χ0n) is 15.1. The number of hydrogen-bond acceptors (Lipinski definition) is 5. The number of hydrogen-bond donors (Lipinski definition) is 0. The molecule has 6 rings (SSSR count). The highest BCUT2D eigenvalue weighted by Crippen LogP contribution is 2.38. The van der Waals surface area contributed by atoms with Gasteiger partial charge in [-0.15, -0.1) is 0 Å². The summed E-state index contributed by atoms with van der Waals surface area (Å²) in [6, 6.07) is 18.6. The molecule has 2 aromatic carbocycles. The molecule has 0 spiro atoms. The fourth-order valence-electron chi connectivity index (χ4n) is 4.74. The maximum absolute atomic E-state index is 4.81. The Bertz CT molecular complexity index is 857. The van der Waals surface area contributed by atoms with Gasteiger partial charge in [0.25, 0.3) is 0 Å². The molecule has 0 amide bonds. The summed E-state index contributed by atoms with van der Waals surface area (Å²) < 4.78 is 1.03. The summed E-state index contributed by atoms with van der Waals surface area (Å²) in [7, 11) is 0. The maximum atomic E-state index is 4.81. The molecule has 0 atom stereocenters. The van der Waals surface area contributed by atoms with E-state index in [-0.39, 0.29) is 5.41 Å². The minimum Gasteiger partial charge on any atom is -0.276 e. The first-order valence-corrected chi connectivity index (χ1v) is 10.1. The first-order valence-electron chi connectivity index (χ1n) is 9.30. The molecule has 27 heavy (non-hydrogen) atoms. The van der Waals surface area contributed by atoms with E-state index in [1.807, 2.05) is 30.5 Å². The molecule has 0 aliphatic carbocycles. The summed E-state index contributed by atoms with van der Waals surface area (Å²) in [5.74, 6) is 0. The summed E-state index contributed by atoms with van der Waals surface area (Å²) >= 11 is 3.58. The van der Waals surface area contributed by atoms with Gasteiger partial charge in [0.2, 0.25) is 0 Å². The second-order valence-corrected chi connectivity index (χ2v) is 8.63. The highest BCUT2D eigenvalue weighted by atomic mass is 79.9. The average molecular weight is 424 g/mol. The fraction of sp³-hybridized carbons (Fsp3) is 0.333. The molecule has 4 aliphatic heterocycles. The van der Waals surface area contributed by atoms with Crippen LogP contribution in [-0.4, -0.2) is 66.3 Å². The van der Waals surface area contributed by atoms with Gasteiger partial charge in [0.1, 0.15) is 0 Å². The van der Waals surface area contributed by atoms with Crippen LogP contribution in [-0.2, 0) is 0 Å². The van der Waals surface area contributed by atoms with Crippen molar-refractivity contribution in [2.75, 3.05) is 39.6 Å². The van der Waals surface area contributed by atoms with E-state index >= 15 is 0 Å². The second-order valence-electron chi connectivity index (χ2n) is 7.77. The third kappa shape index (κ3) is 3.27. The van der Waals surface area contributed by atoms with Gasteiger partial charge in [-0.25, -0.2) is 0 Å². The topological polar surface area (TPSA) is 34.4 Å². The molecule has 4 heterocycles. The van der Waals surface area contributed by atoms with Gasteiger partial charge in [-0.05, 0) is 11.6 Å². The van der Waals surface area contributed by atoms with E-state index in [0.717, 1.165) is 55.4 Å². The number of nitrogens with zero attached hydrogens (tertiary/aromatic N) is 5. The lowest BCUT2D eigenvalue weighted by molar-refractivity contribution is -0.149. The lowest BCUT2D eigenvalue weighted by Crippen LogP contribution is -2.74. The van der Waals surface area contributed by atoms with Crippen molar-refractivity contribution >= 4 is 27.9 Å². The Morgan fingerprint density at radius 3 is 2.07 bits per heavy atom. The largest absolute Gasteiger partial charge is 0.276 e. The van der Waals surface area contributed by atoms with Crippen molar-refractivity contribution < 1.29 is 0 Å². The van der Waals surface area contributed by atoms with Crippen LogP contribution in [0.15, 0.2) is 69.3 Å². The van der Waals surface area contributed by atoms with Gasteiger partial charge in [-0.3, -0.25) is 14.7 Å². The van der Waals surface area contributed by atoms with Gasteiger partial charge < -0.3 is 0 Å². The first-order chi connectivity index (χ1) is 13.2.